The fourth-order valence-corrected chi connectivity index (χ4v) is 8.32. The summed E-state index contributed by atoms with van der Waals surface area (Å²) in [6.45, 7) is 5.86. The van der Waals surface area contributed by atoms with E-state index in [0.717, 1.165) is 61.5 Å². The van der Waals surface area contributed by atoms with Crippen LogP contribution in [0.3, 0.4) is 0 Å². The van der Waals surface area contributed by atoms with E-state index >= 15 is 0 Å². The van der Waals surface area contributed by atoms with Crippen LogP contribution < -0.4 is 14.7 Å². The second-order valence-corrected chi connectivity index (χ2v) is 14.4. The van der Waals surface area contributed by atoms with Crippen molar-refractivity contribution < 1.29 is 9.47 Å². The van der Waals surface area contributed by atoms with E-state index in [1.54, 1.807) is 0 Å². The van der Waals surface area contributed by atoms with Crippen LogP contribution in [0.2, 0.25) is 0 Å². The summed E-state index contributed by atoms with van der Waals surface area (Å²) in [5.41, 5.74) is 4.79. The first kappa shape index (κ1) is 35.5. The standard InChI is InChI=1S/C30H36N2O2Si.C13H11B/c1-3-5-22-33-27-16-12-25(13-17-27)30(32-21-20-31-24-32,35-29-10-8-7-9-11-29)26-14-18-28(19-15-26)34-23-6-4-2;14-13(11-7-3-1-4-8-11)12-9-5-2-6-10-12/h7-21,24H,3-6,22-23,35H2,1-2H3;1-10,13H. The second-order valence-electron chi connectivity index (χ2n) is 12.2. The van der Waals surface area contributed by atoms with Gasteiger partial charge in [0.05, 0.1) is 42.1 Å². The number of imidazole rings is 1. The van der Waals surface area contributed by atoms with Crippen molar-refractivity contribution in [2.24, 2.45) is 0 Å². The van der Waals surface area contributed by atoms with Crippen LogP contribution in [0.1, 0.15) is 67.6 Å². The molecule has 6 aromatic rings. The topological polar surface area (TPSA) is 36.3 Å². The largest absolute Gasteiger partial charge is 0.494 e. The van der Waals surface area contributed by atoms with Gasteiger partial charge in [-0.1, -0.05) is 147 Å². The summed E-state index contributed by atoms with van der Waals surface area (Å²) in [5.74, 6) is 1.82. The van der Waals surface area contributed by atoms with Crippen LogP contribution in [0, 0.1) is 0 Å². The van der Waals surface area contributed by atoms with Crippen molar-refractivity contribution in [3.63, 3.8) is 0 Å². The zero-order valence-corrected chi connectivity index (χ0v) is 30.2. The lowest BCUT2D eigenvalue weighted by Crippen LogP contribution is -2.46. The average Bonchev–Trinajstić information content (AvgIpc) is 3.72. The highest BCUT2D eigenvalue weighted by Gasteiger charge is 2.37. The van der Waals surface area contributed by atoms with Crippen LogP contribution in [0.15, 0.2) is 158 Å². The Morgan fingerprint density at radius 2 is 1.08 bits per heavy atom. The van der Waals surface area contributed by atoms with Crippen molar-refractivity contribution in [1.82, 2.24) is 9.55 Å². The fourth-order valence-electron chi connectivity index (χ4n) is 5.97. The highest BCUT2D eigenvalue weighted by molar-refractivity contribution is 6.57. The molecule has 0 bridgehead atoms. The molecule has 5 aromatic carbocycles. The molecule has 0 amide bonds. The summed E-state index contributed by atoms with van der Waals surface area (Å²) < 4.78 is 14.2. The van der Waals surface area contributed by atoms with Gasteiger partial charge in [-0.05, 0) is 65.2 Å². The molecule has 1 aromatic heterocycles. The average molecular weight is 663 g/mol. The first-order valence-electron chi connectivity index (χ1n) is 17.5. The molecule has 248 valence electrons. The van der Waals surface area contributed by atoms with Gasteiger partial charge in [-0.25, -0.2) is 4.98 Å². The van der Waals surface area contributed by atoms with E-state index < -0.39 is 9.52 Å². The molecule has 0 fully saturated rings. The number of aromatic nitrogens is 2. The van der Waals surface area contributed by atoms with Crippen molar-refractivity contribution in [1.29, 1.82) is 0 Å². The van der Waals surface area contributed by atoms with Gasteiger partial charge in [-0.3, -0.25) is 0 Å². The van der Waals surface area contributed by atoms with E-state index in [2.05, 4.69) is 133 Å². The molecule has 0 aliphatic heterocycles. The Morgan fingerprint density at radius 3 is 1.49 bits per heavy atom. The Balaban J connectivity index is 0.000000278. The number of unbranched alkanes of at least 4 members (excludes halogenated alkanes) is 2. The Labute approximate surface area is 296 Å². The van der Waals surface area contributed by atoms with E-state index in [9.17, 15) is 0 Å². The van der Waals surface area contributed by atoms with Gasteiger partial charge in [-0.2, -0.15) is 0 Å². The normalized spacial score (nSPS) is 11.3. The van der Waals surface area contributed by atoms with Crippen LogP contribution >= 0.6 is 0 Å². The van der Waals surface area contributed by atoms with E-state index in [-0.39, 0.29) is 11.0 Å². The number of nitrogens with zero attached hydrogens (tertiary/aromatic N) is 2. The molecule has 1 heterocycles. The minimum atomic E-state index is -0.892. The fraction of sp³-hybridized carbons (Fsp3) is 0.233. The van der Waals surface area contributed by atoms with Crippen LogP contribution in [-0.2, 0) is 5.16 Å². The summed E-state index contributed by atoms with van der Waals surface area (Å²) >= 11 is 0. The molecule has 4 nitrogen and oxygen atoms in total. The Hall–Kier alpha value is -4.81. The lowest BCUT2D eigenvalue weighted by molar-refractivity contribution is 0.309. The lowest BCUT2D eigenvalue weighted by atomic mass is 9.76. The van der Waals surface area contributed by atoms with Crippen molar-refractivity contribution in [3.8, 4) is 11.5 Å². The molecule has 0 N–H and O–H groups in total. The van der Waals surface area contributed by atoms with E-state index in [0.29, 0.717) is 0 Å². The highest BCUT2D eigenvalue weighted by Crippen LogP contribution is 2.35. The van der Waals surface area contributed by atoms with Crippen LogP contribution in [0.25, 0.3) is 0 Å². The number of ether oxygens (including phenoxy) is 2. The van der Waals surface area contributed by atoms with Gasteiger partial charge >= 0.3 is 0 Å². The monoisotopic (exact) mass is 662 g/mol. The van der Waals surface area contributed by atoms with Gasteiger partial charge in [-0.15, -0.1) is 0 Å². The van der Waals surface area contributed by atoms with Gasteiger partial charge in [0.2, 0.25) is 0 Å². The molecule has 0 aliphatic rings. The highest BCUT2D eigenvalue weighted by atomic mass is 28.2. The maximum absolute atomic E-state index is 6.12. The SMILES string of the molecule is CCCCOc1ccc(C([SiH2]c2ccccc2)(c2ccc(OCCCC)cc2)n2ccnc2)cc1.[B]C(c1ccccc1)c1ccccc1. The van der Waals surface area contributed by atoms with Crippen molar-refractivity contribution in [2.75, 3.05) is 13.2 Å². The number of benzene rings is 5. The Morgan fingerprint density at radius 1 is 0.633 bits per heavy atom. The summed E-state index contributed by atoms with van der Waals surface area (Å²) in [7, 11) is 5.22. The quantitative estimate of drug-likeness (QED) is 0.0819. The maximum atomic E-state index is 6.12. The summed E-state index contributed by atoms with van der Waals surface area (Å²) in [4.78, 5) is 4.45. The molecule has 6 heteroatoms. The molecule has 0 atom stereocenters. The van der Waals surface area contributed by atoms with Gasteiger partial charge in [0.1, 0.15) is 11.5 Å². The molecule has 0 unspecified atom stereocenters. The Kier molecular flexibility index (Phi) is 13.5. The number of hydrogen-bond donors (Lipinski definition) is 0. The molecule has 0 aliphatic carbocycles. The Bertz CT molecular complexity index is 1660. The first-order valence-corrected chi connectivity index (χ1v) is 18.9. The van der Waals surface area contributed by atoms with Gasteiger partial charge in [0.25, 0.3) is 0 Å². The van der Waals surface area contributed by atoms with Crippen LogP contribution in [-0.4, -0.2) is 40.1 Å². The van der Waals surface area contributed by atoms with Crippen LogP contribution in [0.4, 0.5) is 0 Å². The van der Waals surface area contributed by atoms with Gasteiger partial charge < -0.3 is 14.0 Å². The van der Waals surface area contributed by atoms with Gasteiger partial charge in [0, 0.05) is 12.4 Å². The molecule has 6 rings (SSSR count). The predicted molar refractivity (Wildman–Crippen MR) is 207 cm³/mol. The predicted octanol–water partition coefficient (Wildman–Crippen LogP) is 8.43. The zero-order valence-electron chi connectivity index (χ0n) is 28.8. The molecule has 49 heavy (non-hydrogen) atoms. The van der Waals surface area contributed by atoms with E-state index in [1.165, 1.54) is 16.3 Å². The third-order valence-corrected chi connectivity index (χ3v) is 11.3. The third kappa shape index (κ3) is 9.64. The molecule has 2 radical (unpaired) electrons. The third-order valence-electron chi connectivity index (χ3n) is 8.76. The van der Waals surface area contributed by atoms with E-state index in [1.807, 2.05) is 48.9 Å². The summed E-state index contributed by atoms with van der Waals surface area (Å²) in [5, 5.41) is 1.06. The smallest absolute Gasteiger partial charge is 0.119 e. The first-order chi connectivity index (χ1) is 24.1. The second kappa shape index (κ2) is 18.7. The molecular weight excluding hydrogens is 615 g/mol. The molecular formula is C43H47BN2O2Si. The number of hydrogen-bond acceptors (Lipinski definition) is 3. The zero-order chi connectivity index (χ0) is 34.2. The maximum Gasteiger partial charge on any atom is 0.119 e. The lowest BCUT2D eigenvalue weighted by Gasteiger charge is -2.37. The van der Waals surface area contributed by atoms with E-state index in [4.69, 9.17) is 17.3 Å². The van der Waals surface area contributed by atoms with Crippen molar-refractivity contribution >= 4 is 22.6 Å². The van der Waals surface area contributed by atoms with Crippen molar-refractivity contribution in [3.05, 3.63) is 181 Å². The molecule has 0 spiro atoms. The molecule has 0 saturated carbocycles. The van der Waals surface area contributed by atoms with Crippen molar-refractivity contribution in [2.45, 2.75) is 50.5 Å². The molecule has 0 saturated heterocycles. The van der Waals surface area contributed by atoms with Gasteiger partial charge in [0.15, 0.2) is 0 Å². The number of rotatable bonds is 15. The minimum Gasteiger partial charge on any atom is -0.494 e. The minimum absolute atomic E-state index is 0.0163. The summed E-state index contributed by atoms with van der Waals surface area (Å²) in [6.07, 6.45) is 10.3. The van der Waals surface area contributed by atoms with Crippen LogP contribution in [0.5, 0.6) is 11.5 Å². The summed E-state index contributed by atoms with van der Waals surface area (Å²) in [6, 6.07) is 48.5.